The fraction of sp³-hybridized carbons (Fsp3) is 0.700. The zero-order chi connectivity index (χ0) is 18.8. The Labute approximate surface area is 163 Å². The van der Waals surface area contributed by atoms with Gasteiger partial charge in [0.1, 0.15) is 0 Å². The summed E-state index contributed by atoms with van der Waals surface area (Å²) >= 11 is 4.54. The highest BCUT2D eigenvalue weighted by Crippen LogP contribution is 2.27. The summed E-state index contributed by atoms with van der Waals surface area (Å²) in [5.41, 5.74) is 1.15. The number of likely N-dealkylation sites (tertiary alicyclic amines) is 1. The largest absolute Gasteiger partial charge is 0.493 e. The Bertz CT molecular complexity index is 529. The Morgan fingerprint density at radius 2 is 2.00 bits per heavy atom. The predicted molar refractivity (Wildman–Crippen MR) is 108 cm³/mol. The summed E-state index contributed by atoms with van der Waals surface area (Å²) < 4.78 is 16.4. The van der Waals surface area contributed by atoms with E-state index in [4.69, 9.17) is 14.2 Å². The van der Waals surface area contributed by atoms with E-state index in [0.717, 1.165) is 62.4 Å². The lowest BCUT2D eigenvalue weighted by Gasteiger charge is -2.15. The van der Waals surface area contributed by atoms with Crippen molar-refractivity contribution in [3.05, 3.63) is 23.8 Å². The molecule has 1 fully saturated rings. The number of unbranched alkanes of at least 4 members (excludes halogenated alkanes) is 2. The van der Waals surface area contributed by atoms with Crippen LogP contribution in [-0.4, -0.2) is 62.0 Å². The standard InChI is InChI=1S/C20H33NO4S/c1-23-18-8-7-16(14-19(18)24-2)10-13-25-20(26)6-4-3-5-11-21-12-9-17(22)15-21/h7-8,14,17,20,22,26H,3-6,9-13,15H2,1-2H3/t17-,20-/m1/s1. The molecule has 1 N–H and O–H groups in total. The third kappa shape index (κ3) is 7.35. The van der Waals surface area contributed by atoms with Crippen molar-refractivity contribution in [1.82, 2.24) is 4.90 Å². The maximum atomic E-state index is 9.51. The average molecular weight is 384 g/mol. The van der Waals surface area contributed by atoms with Crippen LogP contribution in [0.3, 0.4) is 0 Å². The summed E-state index contributed by atoms with van der Waals surface area (Å²) in [4.78, 5) is 2.35. The van der Waals surface area contributed by atoms with Gasteiger partial charge in [-0.2, -0.15) is 0 Å². The SMILES string of the molecule is COc1ccc(CCO[C@H](S)CCCCCN2CC[C@@H](O)C2)cc1OC. The van der Waals surface area contributed by atoms with Gasteiger partial charge in [-0.1, -0.05) is 12.5 Å². The van der Waals surface area contributed by atoms with Crippen LogP contribution in [0.5, 0.6) is 11.5 Å². The van der Waals surface area contributed by atoms with Crippen molar-refractivity contribution in [2.75, 3.05) is 40.5 Å². The van der Waals surface area contributed by atoms with Gasteiger partial charge in [-0.05, 0) is 56.3 Å². The molecule has 0 aliphatic carbocycles. The van der Waals surface area contributed by atoms with Crippen molar-refractivity contribution in [3.8, 4) is 11.5 Å². The number of methoxy groups -OCH3 is 2. The minimum absolute atomic E-state index is 0.0104. The van der Waals surface area contributed by atoms with Gasteiger partial charge >= 0.3 is 0 Å². The molecule has 0 saturated carbocycles. The highest BCUT2D eigenvalue weighted by Gasteiger charge is 2.19. The molecule has 1 aliphatic heterocycles. The van der Waals surface area contributed by atoms with E-state index in [9.17, 15) is 5.11 Å². The average Bonchev–Trinajstić information content (AvgIpc) is 3.06. The van der Waals surface area contributed by atoms with Crippen molar-refractivity contribution >= 4 is 12.6 Å². The molecule has 0 unspecified atom stereocenters. The van der Waals surface area contributed by atoms with Crippen LogP contribution in [0.2, 0.25) is 0 Å². The molecule has 2 rings (SSSR count). The smallest absolute Gasteiger partial charge is 0.160 e. The Morgan fingerprint density at radius 3 is 2.69 bits per heavy atom. The predicted octanol–water partition coefficient (Wildman–Crippen LogP) is 3.15. The maximum absolute atomic E-state index is 9.51. The molecule has 1 heterocycles. The lowest BCUT2D eigenvalue weighted by molar-refractivity contribution is 0.109. The van der Waals surface area contributed by atoms with Crippen LogP contribution < -0.4 is 9.47 Å². The molecule has 0 amide bonds. The minimum atomic E-state index is -0.115. The summed E-state index contributed by atoms with van der Waals surface area (Å²) in [5, 5.41) is 9.51. The van der Waals surface area contributed by atoms with Crippen LogP contribution in [-0.2, 0) is 11.2 Å². The number of rotatable bonds is 12. The van der Waals surface area contributed by atoms with Crippen LogP contribution in [0, 0.1) is 0 Å². The molecule has 26 heavy (non-hydrogen) atoms. The van der Waals surface area contributed by atoms with E-state index in [-0.39, 0.29) is 11.5 Å². The van der Waals surface area contributed by atoms with Gasteiger partial charge < -0.3 is 24.2 Å². The fourth-order valence-corrected chi connectivity index (χ4v) is 3.57. The van der Waals surface area contributed by atoms with E-state index >= 15 is 0 Å². The quantitative estimate of drug-likeness (QED) is 0.330. The molecule has 0 radical (unpaired) electrons. The molecule has 0 spiro atoms. The van der Waals surface area contributed by atoms with Gasteiger partial charge in [-0.25, -0.2) is 0 Å². The van der Waals surface area contributed by atoms with Crippen molar-refractivity contribution in [3.63, 3.8) is 0 Å². The lowest BCUT2D eigenvalue weighted by Crippen LogP contribution is -2.23. The Balaban J connectivity index is 1.54. The van der Waals surface area contributed by atoms with Crippen LogP contribution in [0.15, 0.2) is 18.2 Å². The van der Waals surface area contributed by atoms with Gasteiger partial charge in [0, 0.05) is 13.1 Å². The van der Waals surface area contributed by atoms with Crippen LogP contribution in [0.1, 0.15) is 37.7 Å². The highest BCUT2D eigenvalue weighted by molar-refractivity contribution is 7.80. The third-order valence-corrected chi connectivity index (χ3v) is 5.23. The first-order valence-electron chi connectivity index (χ1n) is 9.53. The second-order valence-electron chi connectivity index (χ2n) is 6.86. The van der Waals surface area contributed by atoms with Gasteiger partial charge in [-0.15, -0.1) is 12.6 Å². The van der Waals surface area contributed by atoms with Gasteiger partial charge in [0.05, 0.1) is 32.4 Å². The molecule has 0 aromatic heterocycles. The van der Waals surface area contributed by atoms with Crippen LogP contribution in [0.4, 0.5) is 0 Å². The molecule has 1 saturated heterocycles. The maximum Gasteiger partial charge on any atom is 0.160 e. The van der Waals surface area contributed by atoms with E-state index in [0.29, 0.717) is 6.61 Å². The van der Waals surface area contributed by atoms with E-state index in [1.54, 1.807) is 14.2 Å². The molecule has 5 nitrogen and oxygen atoms in total. The van der Waals surface area contributed by atoms with E-state index < -0.39 is 0 Å². The topological polar surface area (TPSA) is 51.2 Å². The molecule has 1 aromatic carbocycles. The number of nitrogens with zero attached hydrogens (tertiary/aromatic N) is 1. The van der Waals surface area contributed by atoms with E-state index in [2.05, 4.69) is 17.5 Å². The number of hydrogen-bond donors (Lipinski definition) is 2. The van der Waals surface area contributed by atoms with E-state index in [1.807, 2.05) is 18.2 Å². The van der Waals surface area contributed by atoms with Crippen molar-refractivity contribution in [2.24, 2.45) is 0 Å². The first-order valence-corrected chi connectivity index (χ1v) is 10.0. The minimum Gasteiger partial charge on any atom is -0.493 e. The monoisotopic (exact) mass is 383 g/mol. The Morgan fingerprint density at radius 1 is 1.19 bits per heavy atom. The molecule has 1 aliphatic rings. The summed E-state index contributed by atoms with van der Waals surface area (Å²) in [5.74, 6) is 1.49. The first-order chi connectivity index (χ1) is 12.6. The fourth-order valence-electron chi connectivity index (χ4n) is 3.28. The number of β-amino-alcohol motifs (C(OH)–C–C–N with tert-alkyl or cyclic N) is 1. The number of thiol groups is 1. The molecule has 2 atom stereocenters. The third-order valence-electron chi connectivity index (χ3n) is 4.82. The van der Waals surface area contributed by atoms with Gasteiger partial charge in [0.2, 0.25) is 0 Å². The molecule has 6 heteroatoms. The zero-order valence-electron chi connectivity index (χ0n) is 16.0. The second-order valence-corrected chi connectivity index (χ2v) is 7.43. The van der Waals surface area contributed by atoms with Crippen molar-refractivity contribution in [1.29, 1.82) is 0 Å². The number of ether oxygens (including phenoxy) is 3. The Hall–Kier alpha value is -0.950. The van der Waals surface area contributed by atoms with Crippen LogP contribution >= 0.6 is 12.6 Å². The van der Waals surface area contributed by atoms with Gasteiger partial charge in [-0.3, -0.25) is 0 Å². The molecular weight excluding hydrogens is 350 g/mol. The summed E-state index contributed by atoms with van der Waals surface area (Å²) in [6, 6.07) is 5.95. The normalized spacial score (nSPS) is 18.8. The first kappa shape index (κ1) is 21.4. The number of aliphatic hydroxyl groups is 1. The lowest BCUT2D eigenvalue weighted by atomic mass is 10.1. The molecular formula is C20H33NO4S. The second kappa shape index (κ2) is 11.7. The van der Waals surface area contributed by atoms with E-state index in [1.165, 1.54) is 12.8 Å². The molecule has 0 bridgehead atoms. The number of benzene rings is 1. The Kier molecular flexibility index (Phi) is 9.61. The number of aliphatic hydroxyl groups excluding tert-OH is 1. The zero-order valence-corrected chi connectivity index (χ0v) is 16.9. The highest BCUT2D eigenvalue weighted by atomic mass is 32.1. The van der Waals surface area contributed by atoms with Gasteiger partial charge in [0.15, 0.2) is 11.5 Å². The summed E-state index contributed by atoms with van der Waals surface area (Å²) in [7, 11) is 3.29. The summed E-state index contributed by atoms with van der Waals surface area (Å²) in [6.45, 7) is 3.62. The number of hydrogen-bond acceptors (Lipinski definition) is 6. The van der Waals surface area contributed by atoms with Crippen molar-refractivity contribution < 1.29 is 19.3 Å². The van der Waals surface area contributed by atoms with Crippen LogP contribution in [0.25, 0.3) is 0 Å². The van der Waals surface area contributed by atoms with Gasteiger partial charge in [0.25, 0.3) is 0 Å². The van der Waals surface area contributed by atoms with Crippen molar-refractivity contribution in [2.45, 2.75) is 50.1 Å². The molecule has 1 aromatic rings. The molecule has 148 valence electrons. The summed E-state index contributed by atoms with van der Waals surface area (Å²) in [6.07, 6.45) is 6.09.